The van der Waals surface area contributed by atoms with Crippen molar-refractivity contribution in [1.29, 1.82) is 0 Å². The number of fused-ring (bicyclic) bond motifs is 3. The van der Waals surface area contributed by atoms with Crippen molar-refractivity contribution < 1.29 is 14.3 Å². The normalized spacial score (nSPS) is 15.3. The van der Waals surface area contributed by atoms with Crippen molar-refractivity contribution in [2.24, 2.45) is 4.99 Å². The first-order valence-electron chi connectivity index (χ1n) is 13.7. The van der Waals surface area contributed by atoms with Crippen LogP contribution in [-0.4, -0.2) is 23.2 Å². The first-order chi connectivity index (χ1) is 19.9. The van der Waals surface area contributed by atoms with Crippen molar-refractivity contribution in [1.82, 2.24) is 4.57 Å². The molecule has 0 amide bonds. The average molecular weight is 563 g/mol. The molecule has 7 heteroatoms. The molecule has 0 spiro atoms. The van der Waals surface area contributed by atoms with E-state index < -0.39 is 12.0 Å². The lowest BCUT2D eigenvalue weighted by atomic mass is 9.91. The zero-order valence-electron chi connectivity index (χ0n) is 23.4. The highest BCUT2D eigenvalue weighted by atomic mass is 32.1. The fourth-order valence-electron chi connectivity index (χ4n) is 5.49. The lowest BCUT2D eigenvalue weighted by Crippen LogP contribution is -2.40. The Kier molecular flexibility index (Phi) is 7.05. The summed E-state index contributed by atoms with van der Waals surface area (Å²) in [7, 11) is 0. The second-order valence-corrected chi connectivity index (χ2v) is 11.2. The molecule has 0 saturated heterocycles. The van der Waals surface area contributed by atoms with Gasteiger partial charge in [0.1, 0.15) is 5.75 Å². The molecule has 206 valence electrons. The van der Waals surface area contributed by atoms with Crippen LogP contribution in [0.3, 0.4) is 0 Å². The number of carbonyl (C=O) groups is 1. The Morgan fingerprint density at radius 2 is 1.66 bits per heavy atom. The largest absolute Gasteiger partial charge is 0.490 e. The van der Waals surface area contributed by atoms with Gasteiger partial charge in [0.05, 0.1) is 34.6 Å². The topological polar surface area (TPSA) is 69.9 Å². The van der Waals surface area contributed by atoms with E-state index in [1.165, 1.54) is 11.3 Å². The van der Waals surface area contributed by atoms with Crippen LogP contribution in [0.2, 0.25) is 0 Å². The molecule has 0 aliphatic carbocycles. The van der Waals surface area contributed by atoms with Crippen LogP contribution >= 0.6 is 11.3 Å². The number of aromatic nitrogens is 1. The second kappa shape index (κ2) is 10.8. The molecule has 4 aromatic carbocycles. The summed E-state index contributed by atoms with van der Waals surface area (Å²) in [5.41, 5.74) is 2.39. The number of nitrogens with zero attached hydrogens (tertiary/aromatic N) is 2. The van der Waals surface area contributed by atoms with E-state index in [1.54, 1.807) is 18.4 Å². The van der Waals surface area contributed by atoms with Gasteiger partial charge in [-0.05, 0) is 66.9 Å². The van der Waals surface area contributed by atoms with E-state index in [1.807, 2.05) is 98.8 Å². The first kappa shape index (κ1) is 26.7. The average Bonchev–Trinajstić information content (AvgIpc) is 3.27. The molecule has 6 nitrogen and oxygen atoms in total. The third-order valence-electron chi connectivity index (χ3n) is 7.20. The number of allylic oxidation sites excluding steroid dienone is 1. The van der Waals surface area contributed by atoms with Crippen molar-refractivity contribution in [2.75, 3.05) is 6.61 Å². The molecule has 0 N–H and O–H groups in total. The Labute approximate surface area is 241 Å². The van der Waals surface area contributed by atoms with Gasteiger partial charge in [0.15, 0.2) is 4.80 Å². The van der Waals surface area contributed by atoms with Gasteiger partial charge in [-0.15, -0.1) is 0 Å². The number of hydrogen-bond acceptors (Lipinski definition) is 6. The van der Waals surface area contributed by atoms with Gasteiger partial charge in [0.25, 0.3) is 5.56 Å². The van der Waals surface area contributed by atoms with Crippen molar-refractivity contribution >= 4 is 44.9 Å². The van der Waals surface area contributed by atoms with Gasteiger partial charge in [-0.1, -0.05) is 84.1 Å². The van der Waals surface area contributed by atoms with Crippen molar-refractivity contribution in [3.63, 3.8) is 0 Å². The molecule has 0 saturated carbocycles. The third kappa shape index (κ3) is 4.76. The zero-order valence-corrected chi connectivity index (χ0v) is 24.2. The van der Waals surface area contributed by atoms with Crippen LogP contribution in [0.1, 0.15) is 44.9 Å². The van der Waals surface area contributed by atoms with Crippen LogP contribution in [0.15, 0.2) is 99.9 Å². The maximum atomic E-state index is 14.3. The summed E-state index contributed by atoms with van der Waals surface area (Å²) in [5, 5.41) is 4.03. The Morgan fingerprint density at radius 3 is 2.39 bits per heavy atom. The standard InChI is InChI=1S/C34H30N2O4S/c1-5-39-33(38)30-21(4)35-34-36(31(30)26-16-10-13-22-11-6-8-14-24(22)26)32(37)29(41-34)19-27-25-15-9-7-12-23(25)17-18-28(27)40-20(2)3/h6-20,31H,5H2,1-4H3/b29-19+/t31-/m0/s1. The van der Waals surface area contributed by atoms with Crippen LogP contribution in [0, 0.1) is 0 Å². The Balaban J connectivity index is 1.64. The molecule has 6 rings (SSSR count). The van der Waals surface area contributed by atoms with E-state index in [2.05, 4.69) is 0 Å². The molecular formula is C34H30N2O4S. The molecule has 0 radical (unpaired) electrons. The van der Waals surface area contributed by atoms with Gasteiger partial charge in [0.2, 0.25) is 0 Å². The van der Waals surface area contributed by atoms with E-state index >= 15 is 0 Å². The van der Waals surface area contributed by atoms with Crippen LogP contribution in [0.4, 0.5) is 0 Å². The van der Waals surface area contributed by atoms with E-state index in [9.17, 15) is 9.59 Å². The van der Waals surface area contributed by atoms with Gasteiger partial charge in [0, 0.05) is 5.56 Å². The predicted octanol–water partition coefficient (Wildman–Crippen LogP) is 5.89. The van der Waals surface area contributed by atoms with Crippen LogP contribution in [-0.2, 0) is 9.53 Å². The molecule has 2 heterocycles. The van der Waals surface area contributed by atoms with Crippen LogP contribution < -0.4 is 19.6 Å². The molecule has 1 aliphatic rings. The number of carbonyl (C=O) groups excluding carboxylic acids is 1. The Morgan fingerprint density at radius 1 is 0.976 bits per heavy atom. The molecule has 0 bridgehead atoms. The predicted molar refractivity (Wildman–Crippen MR) is 164 cm³/mol. The van der Waals surface area contributed by atoms with Gasteiger partial charge in [-0.2, -0.15) is 0 Å². The minimum atomic E-state index is -0.683. The Bertz CT molecular complexity index is 2030. The van der Waals surface area contributed by atoms with Crippen molar-refractivity contribution in [3.05, 3.63) is 121 Å². The lowest BCUT2D eigenvalue weighted by Gasteiger charge is -2.25. The summed E-state index contributed by atoms with van der Waals surface area (Å²) in [6.07, 6.45) is 1.86. The highest BCUT2D eigenvalue weighted by Gasteiger charge is 2.34. The molecule has 0 fully saturated rings. The summed E-state index contributed by atoms with van der Waals surface area (Å²) in [4.78, 5) is 33.0. The highest BCUT2D eigenvalue weighted by molar-refractivity contribution is 7.07. The SMILES string of the molecule is CCOC(=O)C1=C(C)N=c2s/c(=C/c3c(OC(C)C)ccc4ccccc34)c(=O)n2[C@H]1c1cccc2ccccc12. The summed E-state index contributed by atoms with van der Waals surface area (Å²) >= 11 is 1.31. The van der Waals surface area contributed by atoms with E-state index in [4.69, 9.17) is 14.5 Å². The maximum Gasteiger partial charge on any atom is 0.338 e. The van der Waals surface area contributed by atoms with Crippen LogP contribution in [0.25, 0.3) is 27.6 Å². The molecule has 1 aliphatic heterocycles. The maximum absolute atomic E-state index is 14.3. The monoisotopic (exact) mass is 562 g/mol. The van der Waals surface area contributed by atoms with E-state index in [0.717, 1.165) is 32.7 Å². The van der Waals surface area contributed by atoms with Crippen molar-refractivity contribution in [2.45, 2.75) is 39.8 Å². The number of ether oxygens (including phenoxy) is 2. The number of rotatable bonds is 6. The zero-order chi connectivity index (χ0) is 28.7. The van der Waals surface area contributed by atoms with Gasteiger partial charge in [-0.25, -0.2) is 9.79 Å². The minimum Gasteiger partial charge on any atom is -0.490 e. The molecule has 1 atom stereocenters. The number of thiazole rings is 1. The lowest BCUT2D eigenvalue weighted by molar-refractivity contribution is -0.139. The molecule has 5 aromatic rings. The quantitative estimate of drug-likeness (QED) is 0.242. The van der Waals surface area contributed by atoms with Gasteiger partial charge < -0.3 is 9.47 Å². The fraction of sp³-hybridized carbons (Fsp3) is 0.206. The third-order valence-corrected chi connectivity index (χ3v) is 8.19. The molecule has 41 heavy (non-hydrogen) atoms. The van der Waals surface area contributed by atoms with Crippen LogP contribution in [0.5, 0.6) is 5.75 Å². The van der Waals surface area contributed by atoms with Gasteiger partial charge >= 0.3 is 5.97 Å². The summed E-state index contributed by atoms with van der Waals surface area (Å²) in [6.45, 7) is 7.77. The highest BCUT2D eigenvalue weighted by Crippen LogP contribution is 2.35. The molecular weight excluding hydrogens is 532 g/mol. The number of benzene rings is 4. The van der Waals surface area contributed by atoms with E-state index in [0.29, 0.717) is 26.4 Å². The van der Waals surface area contributed by atoms with Gasteiger partial charge in [-0.3, -0.25) is 9.36 Å². The first-order valence-corrected chi connectivity index (χ1v) is 14.5. The smallest absolute Gasteiger partial charge is 0.338 e. The summed E-state index contributed by atoms with van der Waals surface area (Å²) < 4.78 is 13.8. The van der Waals surface area contributed by atoms with E-state index in [-0.39, 0.29) is 18.3 Å². The molecule has 0 unspecified atom stereocenters. The minimum absolute atomic E-state index is 0.0364. The summed E-state index contributed by atoms with van der Waals surface area (Å²) in [6, 6.07) is 25.3. The number of esters is 1. The van der Waals surface area contributed by atoms with Crippen molar-refractivity contribution in [3.8, 4) is 5.75 Å². The summed E-state index contributed by atoms with van der Waals surface area (Å²) in [5.74, 6) is 0.237. The second-order valence-electron chi connectivity index (χ2n) is 10.2. The fourth-order valence-corrected chi connectivity index (χ4v) is 6.52. The molecule has 1 aromatic heterocycles. The Hall–Kier alpha value is -4.49. The number of hydrogen-bond donors (Lipinski definition) is 0.